The predicted molar refractivity (Wildman–Crippen MR) is 87.6 cm³/mol. The molecule has 3 nitrogen and oxygen atoms in total. The number of rotatable bonds is 4. The van der Waals surface area contributed by atoms with Crippen LogP contribution in [0.25, 0.3) is 0 Å². The highest BCUT2D eigenvalue weighted by atomic mass is 16.5. The summed E-state index contributed by atoms with van der Waals surface area (Å²) in [7, 11) is 0. The van der Waals surface area contributed by atoms with Crippen LogP contribution in [0.1, 0.15) is 65.2 Å². The van der Waals surface area contributed by atoms with E-state index in [0.717, 1.165) is 19.1 Å². The molecular formula is C18H34N2O. The maximum atomic E-state index is 5.56. The summed E-state index contributed by atoms with van der Waals surface area (Å²) in [6.45, 7) is 10.5. The minimum atomic E-state index is 0.360. The van der Waals surface area contributed by atoms with E-state index < -0.39 is 0 Å². The second-order valence-corrected chi connectivity index (χ2v) is 7.71. The lowest BCUT2D eigenvalue weighted by molar-refractivity contribution is -0.0235. The van der Waals surface area contributed by atoms with E-state index in [1.807, 2.05) is 0 Å². The topological polar surface area (TPSA) is 24.5 Å². The van der Waals surface area contributed by atoms with Gasteiger partial charge in [0.2, 0.25) is 0 Å². The van der Waals surface area contributed by atoms with E-state index in [9.17, 15) is 0 Å². The highest BCUT2D eigenvalue weighted by Gasteiger charge is 2.47. The van der Waals surface area contributed by atoms with E-state index in [4.69, 9.17) is 4.74 Å². The molecule has 0 aromatic rings. The van der Waals surface area contributed by atoms with Gasteiger partial charge in [-0.2, -0.15) is 0 Å². The molecule has 3 rings (SSSR count). The first-order chi connectivity index (χ1) is 10.2. The molecule has 21 heavy (non-hydrogen) atoms. The van der Waals surface area contributed by atoms with Crippen LogP contribution >= 0.6 is 0 Å². The van der Waals surface area contributed by atoms with Crippen molar-refractivity contribution in [2.45, 2.75) is 76.3 Å². The zero-order chi connectivity index (χ0) is 14.8. The first kappa shape index (κ1) is 15.8. The standard InChI is InChI=1S/C18H34N2O/c1-3-17(4-2)15-20(13-16-7-11-21-12-8-16)18(14-19-17)9-5-6-10-18/h16,19H,3-15H2,1-2H3. The largest absolute Gasteiger partial charge is 0.381 e. The smallest absolute Gasteiger partial charge is 0.0469 e. The summed E-state index contributed by atoms with van der Waals surface area (Å²) in [5.74, 6) is 0.862. The summed E-state index contributed by atoms with van der Waals surface area (Å²) in [5, 5.41) is 3.97. The van der Waals surface area contributed by atoms with Gasteiger partial charge < -0.3 is 10.1 Å². The summed E-state index contributed by atoms with van der Waals surface area (Å²) in [6.07, 6.45) is 10.7. The number of nitrogens with zero attached hydrogens (tertiary/aromatic N) is 1. The SMILES string of the molecule is CCC1(CC)CN(CC2CCOCC2)C2(CCCC2)CN1. The van der Waals surface area contributed by atoms with Crippen molar-refractivity contribution < 1.29 is 4.74 Å². The van der Waals surface area contributed by atoms with Gasteiger partial charge in [0.1, 0.15) is 0 Å². The monoisotopic (exact) mass is 294 g/mol. The maximum absolute atomic E-state index is 5.56. The van der Waals surface area contributed by atoms with E-state index in [0.29, 0.717) is 11.1 Å². The van der Waals surface area contributed by atoms with E-state index >= 15 is 0 Å². The quantitative estimate of drug-likeness (QED) is 0.862. The van der Waals surface area contributed by atoms with Crippen LogP contribution < -0.4 is 5.32 Å². The number of ether oxygens (including phenoxy) is 1. The van der Waals surface area contributed by atoms with Crippen molar-refractivity contribution in [1.82, 2.24) is 10.2 Å². The summed E-state index contributed by atoms with van der Waals surface area (Å²) < 4.78 is 5.56. The van der Waals surface area contributed by atoms with Crippen molar-refractivity contribution in [2.24, 2.45) is 5.92 Å². The van der Waals surface area contributed by atoms with Gasteiger partial charge in [0.15, 0.2) is 0 Å². The van der Waals surface area contributed by atoms with Crippen LogP contribution in [-0.4, -0.2) is 48.8 Å². The molecule has 2 aliphatic heterocycles. The molecule has 0 atom stereocenters. The minimum absolute atomic E-state index is 0.360. The lowest BCUT2D eigenvalue weighted by Gasteiger charge is -2.54. The molecule has 0 bridgehead atoms. The number of piperazine rings is 1. The van der Waals surface area contributed by atoms with E-state index in [1.54, 1.807) is 0 Å². The Labute approximate surface area is 130 Å². The molecule has 1 spiro atoms. The lowest BCUT2D eigenvalue weighted by Crippen LogP contribution is -2.69. The molecular weight excluding hydrogens is 260 g/mol. The molecule has 0 amide bonds. The van der Waals surface area contributed by atoms with Gasteiger partial charge in [-0.05, 0) is 44.4 Å². The van der Waals surface area contributed by atoms with Crippen LogP contribution in [0, 0.1) is 5.92 Å². The first-order valence-electron chi connectivity index (χ1n) is 9.30. The van der Waals surface area contributed by atoms with E-state index in [2.05, 4.69) is 24.1 Å². The van der Waals surface area contributed by atoms with Gasteiger partial charge in [-0.15, -0.1) is 0 Å². The zero-order valence-corrected chi connectivity index (χ0v) is 14.1. The van der Waals surface area contributed by atoms with Crippen molar-refractivity contribution in [3.63, 3.8) is 0 Å². The average Bonchev–Trinajstić information content (AvgIpc) is 3.01. The molecule has 2 heterocycles. The molecule has 3 fully saturated rings. The first-order valence-corrected chi connectivity index (χ1v) is 9.30. The fourth-order valence-corrected chi connectivity index (χ4v) is 4.80. The molecule has 1 N–H and O–H groups in total. The van der Waals surface area contributed by atoms with Crippen LogP contribution in [0.4, 0.5) is 0 Å². The van der Waals surface area contributed by atoms with Crippen LogP contribution in [0.2, 0.25) is 0 Å². The molecule has 0 aromatic heterocycles. The third-order valence-electron chi connectivity index (χ3n) is 6.66. The van der Waals surface area contributed by atoms with Gasteiger partial charge >= 0.3 is 0 Å². The molecule has 3 heteroatoms. The molecule has 122 valence electrons. The minimum Gasteiger partial charge on any atom is -0.381 e. The Kier molecular flexibility index (Phi) is 4.92. The van der Waals surface area contributed by atoms with Gasteiger partial charge in [0, 0.05) is 43.9 Å². The van der Waals surface area contributed by atoms with E-state index in [1.165, 1.54) is 71.0 Å². The summed E-state index contributed by atoms with van der Waals surface area (Å²) >= 11 is 0. The molecule has 0 aromatic carbocycles. The summed E-state index contributed by atoms with van der Waals surface area (Å²) in [5.41, 5.74) is 0.838. The molecule has 2 saturated heterocycles. The summed E-state index contributed by atoms with van der Waals surface area (Å²) in [6, 6.07) is 0. The van der Waals surface area contributed by atoms with Crippen molar-refractivity contribution in [3.8, 4) is 0 Å². The lowest BCUT2D eigenvalue weighted by atomic mass is 9.81. The highest BCUT2D eigenvalue weighted by molar-refractivity contribution is 5.06. The number of nitrogens with one attached hydrogen (secondary N) is 1. The van der Waals surface area contributed by atoms with Gasteiger partial charge in [-0.25, -0.2) is 0 Å². The fraction of sp³-hybridized carbons (Fsp3) is 1.00. The Morgan fingerprint density at radius 1 is 1.10 bits per heavy atom. The maximum Gasteiger partial charge on any atom is 0.0469 e. The van der Waals surface area contributed by atoms with Gasteiger partial charge in [-0.1, -0.05) is 26.7 Å². The Hall–Kier alpha value is -0.120. The third kappa shape index (κ3) is 3.16. The fourth-order valence-electron chi connectivity index (χ4n) is 4.80. The average molecular weight is 294 g/mol. The predicted octanol–water partition coefficient (Wildman–Crippen LogP) is 3.19. The Balaban J connectivity index is 1.72. The third-order valence-corrected chi connectivity index (χ3v) is 6.66. The molecule has 1 saturated carbocycles. The van der Waals surface area contributed by atoms with Crippen LogP contribution in [0.15, 0.2) is 0 Å². The Morgan fingerprint density at radius 2 is 1.76 bits per heavy atom. The van der Waals surface area contributed by atoms with Crippen LogP contribution in [0.5, 0.6) is 0 Å². The van der Waals surface area contributed by atoms with Gasteiger partial charge in [0.05, 0.1) is 0 Å². The van der Waals surface area contributed by atoms with Crippen molar-refractivity contribution >= 4 is 0 Å². The van der Waals surface area contributed by atoms with Crippen molar-refractivity contribution in [2.75, 3.05) is 32.8 Å². The molecule has 3 aliphatic rings. The number of hydrogen-bond acceptors (Lipinski definition) is 3. The van der Waals surface area contributed by atoms with Crippen LogP contribution in [-0.2, 0) is 4.74 Å². The normalized spacial score (nSPS) is 30.0. The molecule has 0 unspecified atom stereocenters. The van der Waals surface area contributed by atoms with Gasteiger partial charge in [-0.3, -0.25) is 4.90 Å². The molecule has 1 aliphatic carbocycles. The summed E-state index contributed by atoms with van der Waals surface area (Å²) in [4.78, 5) is 2.92. The van der Waals surface area contributed by atoms with E-state index in [-0.39, 0.29) is 0 Å². The number of hydrogen-bond donors (Lipinski definition) is 1. The van der Waals surface area contributed by atoms with Crippen LogP contribution in [0.3, 0.4) is 0 Å². The van der Waals surface area contributed by atoms with Crippen molar-refractivity contribution in [1.29, 1.82) is 0 Å². The second kappa shape index (κ2) is 6.55. The highest BCUT2D eigenvalue weighted by Crippen LogP contribution is 2.40. The Bertz CT molecular complexity index is 328. The second-order valence-electron chi connectivity index (χ2n) is 7.71. The Morgan fingerprint density at radius 3 is 2.38 bits per heavy atom. The molecule has 0 radical (unpaired) electrons. The van der Waals surface area contributed by atoms with Gasteiger partial charge in [0.25, 0.3) is 0 Å². The zero-order valence-electron chi connectivity index (χ0n) is 14.1. The van der Waals surface area contributed by atoms with Crippen molar-refractivity contribution in [3.05, 3.63) is 0 Å².